The van der Waals surface area contributed by atoms with E-state index in [-0.39, 0.29) is 17.2 Å². The average molecular weight is 440 g/mol. The summed E-state index contributed by atoms with van der Waals surface area (Å²) in [4.78, 5) is 11.5. The number of rotatable bonds is 8. The van der Waals surface area contributed by atoms with E-state index in [1.165, 1.54) is 31.2 Å². The summed E-state index contributed by atoms with van der Waals surface area (Å²) in [7, 11) is -4.10. The maximum atomic E-state index is 13.1. The van der Waals surface area contributed by atoms with Gasteiger partial charge in [0, 0.05) is 10.5 Å². The van der Waals surface area contributed by atoms with E-state index in [4.69, 9.17) is 4.74 Å². The second kappa shape index (κ2) is 8.37. The Morgan fingerprint density at radius 3 is 2.54 bits per heavy atom. The fraction of sp³-hybridized carbons (Fsp3) is 0.167. The summed E-state index contributed by atoms with van der Waals surface area (Å²) in [6, 6.07) is 11.0. The van der Waals surface area contributed by atoms with Crippen molar-refractivity contribution in [1.82, 2.24) is 0 Å². The predicted molar refractivity (Wildman–Crippen MR) is 103 cm³/mol. The van der Waals surface area contributed by atoms with Crippen molar-refractivity contribution >= 4 is 37.6 Å². The van der Waals surface area contributed by atoms with Crippen molar-refractivity contribution in [3.05, 3.63) is 65.7 Å². The molecule has 0 aliphatic carbocycles. The summed E-state index contributed by atoms with van der Waals surface area (Å²) < 4.78 is 33.2. The molecular formula is C18H18BrNO5S. The molecule has 1 N–H and O–H groups in total. The van der Waals surface area contributed by atoms with E-state index in [9.17, 15) is 18.3 Å². The van der Waals surface area contributed by atoms with Gasteiger partial charge in [0.1, 0.15) is 18.4 Å². The molecule has 6 nitrogen and oxygen atoms in total. The second-order valence-electron chi connectivity index (χ2n) is 5.37. The molecule has 0 heterocycles. The smallest absolute Gasteiger partial charge is 0.327 e. The van der Waals surface area contributed by atoms with Crippen LogP contribution in [0.25, 0.3) is 0 Å². The molecule has 8 heteroatoms. The fourth-order valence-corrected chi connectivity index (χ4v) is 4.13. The van der Waals surface area contributed by atoms with Crippen LogP contribution in [0.4, 0.5) is 5.69 Å². The van der Waals surface area contributed by atoms with Gasteiger partial charge in [-0.15, -0.1) is 0 Å². The van der Waals surface area contributed by atoms with Crippen LogP contribution in [0.15, 0.2) is 70.6 Å². The Hall–Kier alpha value is -2.32. The zero-order chi connectivity index (χ0) is 19.3. The van der Waals surface area contributed by atoms with Crippen LogP contribution in [-0.2, 0) is 14.8 Å². The molecule has 1 atom stereocenters. The van der Waals surface area contributed by atoms with Gasteiger partial charge in [-0.1, -0.05) is 34.7 Å². The first-order chi connectivity index (χ1) is 12.3. The number of hydrogen-bond donors (Lipinski definition) is 1. The van der Waals surface area contributed by atoms with Crippen molar-refractivity contribution in [2.24, 2.45) is 0 Å². The highest BCUT2D eigenvalue weighted by Gasteiger charge is 2.33. The largest absolute Gasteiger partial charge is 0.489 e. The highest BCUT2D eigenvalue weighted by Crippen LogP contribution is 2.29. The Kier molecular flexibility index (Phi) is 6.44. The Balaban J connectivity index is 2.55. The topological polar surface area (TPSA) is 83.9 Å². The van der Waals surface area contributed by atoms with Crippen LogP contribution >= 0.6 is 15.9 Å². The van der Waals surface area contributed by atoms with Gasteiger partial charge in [-0.2, -0.15) is 0 Å². The summed E-state index contributed by atoms with van der Waals surface area (Å²) in [5.41, 5.74) is 0.199. The molecular weight excluding hydrogens is 422 g/mol. The molecule has 0 aromatic heterocycles. The summed E-state index contributed by atoms with van der Waals surface area (Å²) in [6.45, 7) is 5.12. The van der Waals surface area contributed by atoms with Gasteiger partial charge < -0.3 is 9.84 Å². The van der Waals surface area contributed by atoms with Crippen LogP contribution in [-0.4, -0.2) is 32.1 Å². The molecule has 0 saturated carbocycles. The Morgan fingerprint density at radius 1 is 1.31 bits per heavy atom. The van der Waals surface area contributed by atoms with Crippen molar-refractivity contribution < 1.29 is 23.1 Å². The van der Waals surface area contributed by atoms with E-state index in [1.54, 1.807) is 30.3 Å². The van der Waals surface area contributed by atoms with Crippen LogP contribution < -0.4 is 9.04 Å². The zero-order valence-electron chi connectivity index (χ0n) is 14.0. The Morgan fingerprint density at radius 2 is 1.96 bits per heavy atom. The number of nitrogens with zero attached hydrogens (tertiary/aromatic N) is 1. The lowest BCUT2D eigenvalue weighted by Crippen LogP contribution is -2.43. The summed E-state index contributed by atoms with van der Waals surface area (Å²) >= 11 is 3.25. The van der Waals surface area contributed by atoms with E-state index in [1.807, 2.05) is 0 Å². The van der Waals surface area contributed by atoms with E-state index in [0.717, 1.165) is 4.31 Å². The lowest BCUT2D eigenvalue weighted by atomic mass is 10.2. The van der Waals surface area contributed by atoms with Gasteiger partial charge in [0.25, 0.3) is 10.0 Å². The highest BCUT2D eigenvalue weighted by atomic mass is 79.9. The Bertz CT molecular complexity index is 896. The van der Waals surface area contributed by atoms with Crippen molar-refractivity contribution in [2.75, 3.05) is 10.9 Å². The van der Waals surface area contributed by atoms with Gasteiger partial charge >= 0.3 is 5.97 Å². The first-order valence-electron chi connectivity index (χ1n) is 7.64. The minimum atomic E-state index is -4.10. The second-order valence-corrected chi connectivity index (χ2v) is 8.10. The molecule has 0 spiro atoms. The molecule has 0 fully saturated rings. The van der Waals surface area contributed by atoms with Gasteiger partial charge in [0.15, 0.2) is 0 Å². The maximum Gasteiger partial charge on any atom is 0.327 e. The molecule has 0 bridgehead atoms. The number of carboxylic acids is 1. The number of halogens is 1. The van der Waals surface area contributed by atoms with Crippen LogP contribution in [0.2, 0.25) is 0 Å². The van der Waals surface area contributed by atoms with Crippen LogP contribution in [0.5, 0.6) is 5.75 Å². The molecule has 0 saturated heterocycles. The third-order valence-electron chi connectivity index (χ3n) is 3.52. The van der Waals surface area contributed by atoms with E-state index in [0.29, 0.717) is 10.2 Å². The molecule has 0 amide bonds. The van der Waals surface area contributed by atoms with Gasteiger partial charge in [-0.05, 0) is 43.3 Å². The fourth-order valence-electron chi connectivity index (χ4n) is 2.26. The third-order valence-corrected chi connectivity index (χ3v) is 5.96. The van der Waals surface area contributed by atoms with Crippen molar-refractivity contribution in [3.63, 3.8) is 0 Å². The van der Waals surface area contributed by atoms with E-state index >= 15 is 0 Å². The summed E-state index contributed by atoms with van der Waals surface area (Å²) in [6.07, 6.45) is 1.56. The maximum absolute atomic E-state index is 13.1. The van der Waals surface area contributed by atoms with Crippen molar-refractivity contribution in [1.29, 1.82) is 0 Å². The predicted octanol–water partition coefficient (Wildman–Crippen LogP) is 3.68. The number of hydrogen-bond acceptors (Lipinski definition) is 4. The quantitative estimate of drug-likeness (QED) is 0.634. The van der Waals surface area contributed by atoms with Gasteiger partial charge in [0.05, 0.1) is 10.6 Å². The summed E-state index contributed by atoms with van der Waals surface area (Å²) in [5.74, 6) is -0.848. The van der Waals surface area contributed by atoms with Crippen molar-refractivity contribution in [3.8, 4) is 5.75 Å². The first kappa shape index (κ1) is 20.0. The molecule has 1 unspecified atom stereocenters. The number of carbonyl (C=O) groups is 1. The highest BCUT2D eigenvalue weighted by molar-refractivity contribution is 9.10. The lowest BCUT2D eigenvalue weighted by Gasteiger charge is -2.28. The van der Waals surface area contributed by atoms with Crippen LogP contribution in [0, 0.1) is 0 Å². The van der Waals surface area contributed by atoms with Gasteiger partial charge in [-0.3, -0.25) is 4.31 Å². The van der Waals surface area contributed by atoms with Crippen LogP contribution in [0.1, 0.15) is 6.92 Å². The molecule has 0 aliphatic rings. The number of benzene rings is 2. The molecule has 0 radical (unpaired) electrons. The van der Waals surface area contributed by atoms with E-state index in [2.05, 4.69) is 22.5 Å². The Labute approximate surface area is 160 Å². The minimum Gasteiger partial charge on any atom is -0.489 e. The number of ether oxygens (including phenoxy) is 1. The lowest BCUT2D eigenvalue weighted by molar-refractivity contribution is -0.137. The van der Waals surface area contributed by atoms with E-state index < -0.39 is 22.0 Å². The zero-order valence-corrected chi connectivity index (χ0v) is 16.4. The molecule has 138 valence electrons. The van der Waals surface area contributed by atoms with Crippen LogP contribution in [0.3, 0.4) is 0 Å². The summed E-state index contributed by atoms with van der Waals surface area (Å²) in [5, 5.41) is 9.42. The number of anilines is 1. The normalized spacial score (nSPS) is 12.2. The molecule has 2 aromatic carbocycles. The first-order valence-corrected chi connectivity index (χ1v) is 9.87. The average Bonchev–Trinajstić information content (AvgIpc) is 2.60. The molecule has 2 aromatic rings. The monoisotopic (exact) mass is 439 g/mol. The SMILES string of the molecule is C=CCOc1cccc(N(C(C)C(=O)O)S(=O)(=O)c2ccc(Br)cc2)c1. The molecule has 2 rings (SSSR count). The minimum absolute atomic E-state index is 0.00814. The third kappa shape index (κ3) is 4.44. The number of aliphatic carboxylic acids is 1. The molecule has 0 aliphatic heterocycles. The standard InChI is InChI=1S/C18H18BrNO5S/c1-3-11-25-16-6-4-5-15(12-16)20(13(2)18(21)22)26(23,24)17-9-7-14(19)8-10-17/h3-10,12-13H,1,11H2,2H3,(H,21,22). The van der Waals surface area contributed by atoms with Crippen molar-refractivity contribution in [2.45, 2.75) is 17.9 Å². The van der Waals surface area contributed by atoms with Gasteiger partial charge in [0.2, 0.25) is 0 Å². The number of sulfonamides is 1. The number of carboxylic acid groups (broad SMARTS) is 1. The molecule has 26 heavy (non-hydrogen) atoms. The van der Waals surface area contributed by atoms with Gasteiger partial charge in [-0.25, -0.2) is 13.2 Å².